The molecular formula is C6H10N2O5P+. The normalized spacial score (nSPS) is 7.07. The van der Waals surface area contributed by atoms with Crippen molar-refractivity contribution in [3.63, 3.8) is 0 Å². The van der Waals surface area contributed by atoms with Gasteiger partial charge in [0.25, 0.3) is 5.97 Å². The van der Waals surface area contributed by atoms with Crippen LogP contribution in [0.5, 0.6) is 0 Å². The molecule has 0 bridgehead atoms. The first-order valence-electron chi connectivity index (χ1n) is 3.21. The van der Waals surface area contributed by atoms with Crippen LogP contribution in [0.3, 0.4) is 0 Å². The van der Waals surface area contributed by atoms with Crippen molar-refractivity contribution in [2.75, 3.05) is 0 Å². The second-order valence-corrected chi connectivity index (χ2v) is 2.18. The van der Waals surface area contributed by atoms with Gasteiger partial charge in [-0.2, -0.15) is 0 Å². The minimum absolute atomic E-state index is 0.833. The van der Waals surface area contributed by atoms with E-state index in [-0.39, 0.29) is 0 Å². The summed E-state index contributed by atoms with van der Waals surface area (Å²) in [6.07, 6.45) is 4.88. The molecule has 0 radical (unpaired) electrons. The van der Waals surface area contributed by atoms with Gasteiger partial charge >= 0.3 is 8.25 Å². The molecule has 7 nitrogen and oxygen atoms in total. The number of rotatable bonds is 0. The number of aromatic nitrogens is 2. The Morgan fingerprint density at radius 2 is 1.57 bits per heavy atom. The molecule has 0 fully saturated rings. The molecular weight excluding hydrogens is 211 g/mol. The first kappa shape index (κ1) is 15.1. The first-order chi connectivity index (χ1) is 6.46. The van der Waals surface area contributed by atoms with Gasteiger partial charge in [-0.25, -0.2) is 9.97 Å². The van der Waals surface area contributed by atoms with E-state index in [2.05, 4.69) is 9.97 Å². The molecule has 3 N–H and O–H groups in total. The van der Waals surface area contributed by atoms with Gasteiger partial charge in [-0.05, 0) is 6.07 Å². The van der Waals surface area contributed by atoms with E-state index in [0.29, 0.717) is 0 Å². The molecule has 14 heavy (non-hydrogen) atoms. The minimum Gasteiger partial charge on any atom is -0.481 e. The second-order valence-electron chi connectivity index (χ2n) is 1.68. The minimum atomic E-state index is -2.87. The summed E-state index contributed by atoms with van der Waals surface area (Å²) in [4.78, 5) is 30.6. The lowest BCUT2D eigenvalue weighted by atomic mass is 10.7. The van der Waals surface area contributed by atoms with Crippen molar-refractivity contribution < 1.29 is 24.3 Å². The average molecular weight is 221 g/mol. The lowest BCUT2D eigenvalue weighted by Crippen LogP contribution is -1.78. The standard InChI is InChI=1S/C4H4N2.C2H4O2.HO3P/c1-2-5-4-6-3-1;1-2(3)4;1-4(2)3/h1-4H;1H3,(H,3,4);(H-,1,2,3)/p+1. The van der Waals surface area contributed by atoms with Gasteiger partial charge in [0.15, 0.2) is 0 Å². The fourth-order valence-electron chi connectivity index (χ4n) is 0.253. The topological polar surface area (TPSA) is 121 Å². The zero-order chi connectivity index (χ0) is 11.4. The van der Waals surface area contributed by atoms with E-state index in [1.54, 1.807) is 18.5 Å². The Balaban J connectivity index is 0. The van der Waals surface area contributed by atoms with Crippen molar-refractivity contribution in [1.82, 2.24) is 9.97 Å². The zero-order valence-corrected chi connectivity index (χ0v) is 8.20. The van der Waals surface area contributed by atoms with Crippen molar-refractivity contribution >= 4 is 14.2 Å². The van der Waals surface area contributed by atoms with Crippen molar-refractivity contribution in [1.29, 1.82) is 0 Å². The quantitative estimate of drug-likeness (QED) is 0.535. The molecule has 0 spiro atoms. The molecule has 0 saturated carbocycles. The van der Waals surface area contributed by atoms with E-state index in [1.807, 2.05) is 0 Å². The summed E-state index contributed by atoms with van der Waals surface area (Å²) in [6, 6.07) is 1.78. The molecule has 0 aliphatic carbocycles. The van der Waals surface area contributed by atoms with E-state index in [0.717, 1.165) is 6.92 Å². The fraction of sp³-hybridized carbons (Fsp3) is 0.167. The van der Waals surface area contributed by atoms with Crippen molar-refractivity contribution in [3.05, 3.63) is 24.8 Å². The third-order valence-corrected chi connectivity index (χ3v) is 0.478. The van der Waals surface area contributed by atoms with Gasteiger partial charge in [-0.15, -0.1) is 9.79 Å². The van der Waals surface area contributed by atoms with E-state index < -0.39 is 14.2 Å². The van der Waals surface area contributed by atoms with E-state index in [1.165, 1.54) is 6.33 Å². The Morgan fingerprint density at radius 3 is 1.64 bits per heavy atom. The molecule has 1 aromatic rings. The Morgan fingerprint density at radius 1 is 1.29 bits per heavy atom. The Kier molecular flexibility index (Phi) is 12.4. The van der Waals surface area contributed by atoms with Crippen LogP contribution in [-0.2, 0) is 9.36 Å². The van der Waals surface area contributed by atoms with Crippen molar-refractivity contribution in [3.8, 4) is 0 Å². The summed E-state index contributed by atoms with van der Waals surface area (Å²) >= 11 is 0. The van der Waals surface area contributed by atoms with Gasteiger partial charge < -0.3 is 5.11 Å². The lowest BCUT2D eigenvalue weighted by Gasteiger charge is -1.70. The number of carboxylic acids is 1. The van der Waals surface area contributed by atoms with Crippen molar-refractivity contribution in [2.24, 2.45) is 0 Å². The molecule has 1 rings (SSSR count). The van der Waals surface area contributed by atoms with Gasteiger partial charge in [-0.3, -0.25) is 4.79 Å². The Bertz CT molecular complexity index is 209. The summed E-state index contributed by atoms with van der Waals surface area (Å²) in [5.74, 6) is -0.833. The number of aliphatic carboxylic acids is 1. The maximum absolute atomic E-state index is 9.00. The highest BCUT2D eigenvalue weighted by atomic mass is 31.1. The van der Waals surface area contributed by atoms with Crippen LogP contribution in [0.15, 0.2) is 24.8 Å². The number of nitrogens with zero attached hydrogens (tertiary/aromatic N) is 2. The predicted molar refractivity (Wildman–Crippen MR) is 47.4 cm³/mol. The molecule has 0 amide bonds. The van der Waals surface area contributed by atoms with Crippen LogP contribution >= 0.6 is 8.25 Å². The van der Waals surface area contributed by atoms with Crippen LogP contribution in [0, 0.1) is 0 Å². The smallest absolute Gasteiger partial charge is 0.481 e. The van der Waals surface area contributed by atoms with Gasteiger partial charge in [0.05, 0.1) is 0 Å². The van der Waals surface area contributed by atoms with Crippen LogP contribution in [0.1, 0.15) is 6.92 Å². The second kappa shape index (κ2) is 11.6. The van der Waals surface area contributed by atoms with Crippen LogP contribution in [0.25, 0.3) is 0 Å². The van der Waals surface area contributed by atoms with Gasteiger partial charge in [0, 0.05) is 23.9 Å². The maximum atomic E-state index is 9.00. The molecule has 8 heteroatoms. The zero-order valence-electron chi connectivity index (χ0n) is 7.31. The van der Waals surface area contributed by atoms with Gasteiger partial charge in [0.2, 0.25) is 0 Å². The summed E-state index contributed by atoms with van der Waals surface area (Å²) < 4.78 is 8.70. The molecule has 78 valence electrons. The largest absolute Gasteiger partial charge is 0.692 e. The fourth-order valence-corrected chi connectivity index (χ4v) is 0.253. The SMILES string of the molecule is CC(=O)O.O=[P+](O)O.c1cncnc1. The first-order valence-corrected chi connectivity index (χ1v) is 4.37. The molecule has 0 atom stereocenters. The number of hydrogen-bond acceptors (Lipinski definition) is 4. The summed E-state index contributed by atoms with van der Waals surface area (Å²) in [7, 11) is -2.87. The summed E-state index contributed by atoms with van der Waals surface area (Å²) in [5, 5.41) is 7.42. The average Bonchev–Trinajstić information content (AvgIpc) is 2.05. The highest BCUT2D eigenvalue weighted by molar-refractivity contribution is 7.30. The van der Waals surface area contributed by atoms with E-state index in [9.17, 15) is 0 Å². The van der Waals surface area contributed by atoms with Crippen molar-refractivity contribution in [2.45, 2.75) is 6.92 Å². The van der Waals surface area contributed by atoms with Gasteiger partial charge in [0.1, 0.15) is 6.33 Å². The molecule has 1 aromatic heterocycles. The Labute approximate surface area is 81.0 Å². The van der Waals surface area contributed by atoms with Crippen LogP contribution < -0.4 is 0 Å². The number of carboxylic acid groups (broad SMARTS) is 1. The molecule has 0 saturated heterocycles. The van der Waals surface area contributed by atoms with E-state index >= 15 is 0 Å². The molecule has 0 aliphatic heterocycles. The van der Waals surface area contributed by atoms with E-state index in [4.69, 9.17) is 24.3 Å². The van der Waals surface area contributed by atoms with Crippen LogP contribution in [0.2, 0.25) is 0 Å². The highest BCUT2D eigenvalue weighted by Crippen LogP contribution is 1.98. The molecule has 0 unspecified atom stereocenters. The Hall–Kier alpha value is -1.43. The predicted octanol–water partition coefficient (Wildman–Crippen LogP) is 0.196. The highest BCUT2D eigenvalue weighted by Gasteiger charge is 1.93. The summed E-state index contributed by atoms with van der Waals surface area (Å²) in [6.45, 7) is 1.08. The third kappa shape index (κ3) is 46.4. The molecule has 0 aromatic carbocycles. The monoisotopic (exact) mass is 221 g/mol. The van der Waals surface area contributed by atoms with Crippen LogP contribution in [0.4, 0.5) is 0 Å². The summed E-state index contributed by atoms with van der Waals surface area (Å²) in [5.41, 5.74) is 0. The van der Waals surface area contributed by atoms with Gasteiger partial charge in [-0.1, -0.05) is 0 Å². The molecule has 1 heterocycles. The lowest BCUT2D eigenvalue weighted by molar-refractivity contribution is -0.134. The number of hydrogen-bond donors (Lipinski definition) is 3. The van der Waals surface area contributed by atoms with Crippen LogP contribution in [-0.4, -0.2) is 30.8 Å². The maximum Gasteiger partial charge on any atom is 0.692 e. The molecule has 0 aliphatic rings. The number of carbonyl (C=O) groups is 1. The third-order valence-electron chi connectivity index (χ3n) is 0.478.